The van der Waals surface area contributed by atoms with E-state index in [4.69, 9.17) is 4.42 Å². The summed E-state index contributed by atoms with van der Waals surface area (Å²) >= 11 is 0. The molecule has 1 amide bonds. The van der Waals surface area contributed by atoms with Crippen molar-refractivity contribution < 1.29 is 40.7 Å². The standard InChI is InChI=1S/C20H12F5NO4/c1-9(27)10-2-4-11(5-3-10)26-20(28)13-7-6-12(30-13)8-29-19-17(24)15(22)14(21)16(23)18(19)25/h2-7H,8H2,1H3,(H,26,28). The molecular weight excluding hydrogens is 413 g/mol. The van der Waals surface area contributed by atoms with E-state index < -0.39 is 47.3 Å². The summed E-state index contributed by atoms with van der Waals surface area (Å²) < 4.78 is 76.4. The first kappa shape index (κ1) is 21.0. The molecule has 1 heterocycles. The van der Waals surface area contributed by atoms with Gasteiger partial charge in [-0.05, 0) is 43.3 Å². The summed E-state index contributed by atoms with van der Waals surface area (Å²) in [7, 11) is 0. The van der Waals surface area contributed by atoms with Gasteiger partial charge in [-0.1, -0.05) is 0 Å². The number of furan rings is 1. The highest BCUT2D eigenvalue weighted by Crippen LogP contribution is 2.29. The molecule has 3 rings (SSSR count). The van der Waals surface area contributed by atoms with Crippen molar-refractivity contribution in [3.05, 3.63) is 82.6 Å². The number of anilines is 1. The first-order valence-corrected chi connectivity index (χ1v) is 8.34. The minimum atomic E-state index is -2.30. The summed E-state index contributed by atoms with van der Waals surface area (Å²) in [6.45, 7) is 0.700. The van der Waals surface area contributed by atoms with Gasteiger partial charge >= 0.3 is 0 Å². The van der Waals surface area contributed by atoms with Crippen LogP contribution in [0, 0.1) is 29.1 Å². The molecule has 0 spiro atoms. The maximum absolute atomic E-state index is 13.6. The van der Waals surface area contributed by atoms with E-state index in [0.717, 1.165) is 0 Å². The van der Waals surface area contributed by atoms with Crippen molar-refractivity contribution in [1.82, 2.24) is 0 Å². The van der Waals surface area contributed by atoms with Crippen LogP contribution in [0.15, 0.2) is 40.8 Å². The molecule has 0 saturated carbocycles. The first-order valence-electron chi connectivity index (χ1n) is 8.34. The molecule has 0 radical (unpaired) electrons. The fourth-order valence-electron chi connectivity index (χ4n) is 2.41. The Morgan fingerprint density at radius 3 is 2.00 bits per heavy atom. The Labute approximate surface area is 166 Å². The Hall–Kier alpha value is -3.69. The Bertz CT molecular complexity index is 1100. The molecule has 0 bridgehead atoms. The van der Waals surface area contributed by atoms with Crippen LogP contribution in [0.5, 0.6) is 5.75 Å². The second-order valence-corrected chi connectivity index (χ2v) is 6.04. The second kappa shape index (κ2) is 8.36. The minimum absolute atomic E-state index is 0.101. The summed E-state index contributed by atoms with van der Waals surface area (Å²) in [5, 5.41) is 2.51. The number of Topliss-reactive ketones (excluding diaryl/α,β-unsaturated/α-hetero) is 1. The molecule has 3 aromatic rings. The molecule has 0 unspecified atom stereocenters. The average Bonchev–Trinajstić information content (AvgIpc) is 3.20. The maximum Gasteiger partial charge on any atom is 0.291 e. The molecule has 2 aromatic carbocycles. The number of carbonyl (C=O) groups is 2. The van der Waals surface area contributed by atoms with Gasteiger partial charge in [0.1, 0.15) is 12.4 Å². The Balaban J connectivity index is 1.68. The maximum atomic E-state index is 13.6. The lowest BCUT2D eigenvalue weighted by atomic mass is 10.1. The fraction of sp³-hybridized carbons (Fsp3) is 0.100. The molecule has 0 saturated heterocycles. The first-order chi connectivity index (χ1) is 14.2. The molecule has 0 aliphatic heterocycles. The monoisotopic (exact) mass is 425 g/mol. The third kappa shape index (κ3) is 4.17. The Morgan fingerprint density at radius 1 is 0.867 bits per heavy atom. The van der Waals surface area contributed by atoms with E-state index in [1.54, 1.807) is 0 Å². The molecule has 0 fully saturated rings. The van der Waals surface area contributed by atoms with Crippen molar-refractivity contribution in [2.75, 3.05) is 5.32 Å². The molecule has 1 N–H and O–H groups in total. The lowest BCUT2D eigenvalue weighted by Crippen LogP contribution is -2.11. The van der Waals surface area contributed by atoms with Crippen LogP contribution in [-0.4, -0.2) is 11.7 Å². The number of rotatable bonds is 6. The van der Waals surface area contributed by atoms with Crippen LogP contribution in [0.4, 0.5) is 27.6 Å². The third-order valence-electron chi connectivity index (χ3n) is 3.96. The molecule has 0 aliphatic carbocycles. The smallest absolute Gasteiger partial charge is 0.291 e. The van der Waals surface area contributed by atoms with Gasteiger partial charge in [0.2, 0.25) is 29.1 Å². The van der Waals surface area contributed by atoms with Crippen molar-refractivity contribution in [1.29, 1.82) is 0 Å². The zero-order chi connectivity index (χ0) is 22.0. The molecule has 10 heteroatoms. The summed E-state index contributed by atoms with van der Waals surface area (Å²) in [6, 6.07) is 8.51. The van der Waals surface area contributed by atoms with Gasteiger partial charge in [-0.15, -0.1) is 0 Å². The predicted molar refractivity (Wildman–Crippen MR) is 93.7 cm³/mol. The number of amides is 1. The summed E-state index contributed by atoms with van der Waals surface area (Å²) in [4.78, 5) is 23.4. The Kier molecular flexibility index (Phi) is 5.86. The predicted octanol–water partition coefficient (Wildman–Crippen LogP) is 5.01. The molecule has 0 aliphatic rings. The highest BCUT2D eigenvalue weighted by molar-refractivity contribution is 6.02. The molecule has 156 valence electrons. The van der Waals surface area contributed by atoms with Gasteiger partial charge in [0.15, 0.2) is 17.3 Å². The number of ketones is 1. The van der Waals surface area contributed by atoms with Crippen LogP contribution < -0.4 is 10.1 Å². The van der Waals surface area contributed by atoms with Crippen molar-refractivity contribution in [3.63, 3.8) is 0 Å². The number of hydrogen-bond acceptors (Lipinski definition) is 4. The van der Waals surface area contributed by atoms with E-state index in [2.05, 4.69) is 10.1 Å². The lowest BCUT2D eigenvalue weighted by Gasteiger charge is -2.09. The molecule has 1 aromatic heterocycles. The van der Waals surface area contributed by atoms with Crippen molar-refractivity contribution in [2.24, 2.45) is 0 Å². The van der Waals surface area contributed by atoms with Crippen LogP contribution in [-0.2, 0) is 6.61 Å². The number of hydrogen-bond donors (Lipinski definition) is 1. The van der Waals surface area contributed by atoms with Crippen LogP contribution in [0.1, 0.15) is 33.6 Å². The molecule has 5 nitrogen and oxygen atoms in total. The van der Waals surface area contributed by atoms with Gasteiger partial charge in [-0.3, -0.25) is 9.59 Å². The highest BCUT2D eigenvalue weighted by Gasteiger charge is 2.27. The van der Waals surface area contributed by atoms with E-state index in [1.165, 1.54) is 43.3 Å². The molecule has 30 heavy (non-hydrogen) atoms. The largest absolute Gasteiger partial charge is 0.479 e. The Morgan fingerprint density at radius 2 is 1.43 bits per heavy atom. The van der Waals surface area contributed by atoms with Crippen molar-refractivity contribution in [2.45, 2.75) is 13.5 Å². The average molecular weight is 425 g/mol. The van der Waals surface area contributed by atoms with Crippen LogP contribution >= 0.6 is 0 Å². The van der Waals surface area contributed by atoms with E-state index in [1.807, 2.05) is 0 Å². The quantitative estimate of drug-likeness (QED) is 0.261. The summed E-state index contributed by atoms with van der Waals surface area (Å²) in [6.07, 6.45) is 0. The number of carbonyl (C=O) groups excluding carboxylic acids is 2. The van der Waals surface area contributed by atoms with Gasteiger partial charge in [0.25, 0.3) is 5.91 Å². The summed E-state index contributed by atoms with van der Waals surface area (Å²) in [5.74, 6) is -13.4. The van der Waals surface area contributed by atoms with Gasteiger partial charge in [-0.25, -0.2) is 13.2 Å². The van der Waals surface area contributed by atoms with Crippen LogP contribution in [0.2, 0.25) is 0 Å². The fourth-order valence-corrected chi connectivity index (χ4v) is 2.41. The molecule has 0 atom stereocenters. The van der Waals surface area contributed by atoms with Crippen LogP contribution in [0.3, 0.4) is 0 Å². The van der Waals surface area contributed by atoms with E-state index in [9.17, 15) is 31.5 Å². The van der Waals surface area contributed by atoms with Gasteiger partial charge in [0.05, 0.1) is 0 Å². The van der Waals surface area contributed by atoms with Crippen molar-refractivity contribution in [3.8, 4) is 5.75 Å². The number of benzene rings is 2. The minimum Gasteiger partial charge on any atom is -0.479 e. The summed E-state index contributed by atoms with van der Waals surface area (Å²) in [5.41, 5.74) is 0.833. The molecular formula is C20H12F5NO4. The zero-order valence-electron chi connectivity index (χ0n) is 15.2. The van der Waals surface area contributed by atoms with E-state index in [-0.39, 0.29) is 17.3 Å². The van der Waals surface area contributed by atoms with Crippen molar-refractivity contribution >= 4 is 17.4 Å². The number of nitrogens with one attached hydrogen (secondary N) is 1. The number of halogens is 5. The zero-order valence-corrected chi connectivity index (χ0v) is 15.2. The van der Waals surface area contributed by atoms with Gasteiger partial charge < -0.3 is 14.5 Å². The normalized spacial score (nSPS) is 10.7. The van der Waals surface area contributed by atoms with E-state index >= 15 is 0 Å². The number of ether oxygens (including phenoxy) is 1. The third-order valence-corrected chi connectivity index (χ3v) is 3.96. The lowest BCUT2D eigenvalue weighted by molar-refractivity contribution is 0.0990. The SMILES string of the molecule is CC(=O)c1ccc(NC(=O)c2ccc(COc3c(F)c(F)c(F)c(F)c3F)o2)cc1. The van der Waals surface area contributed by atoms with Crippen LogP contribution in [0.25, 0.3) is 0 Å². The second-order valence-electron chi connectivity index (χ2n) is 6.04. The van der Waals surface area contributed by atoms with Gasteiger partial charge in [-0.2, -0.15) is 8.78 Å². The van der Waals surface area contributed by atoms with E-state index in [0.29, 0.717) is 11.3 Å². The topological polar surface area (TPSA) is 68.5 Å². The highest BCUT2D eigenvalue weighted by atomic mass is 19.2. The van der Waals surface area contributed by atoms with Gasteiger partial charge in [0, 0.05) is 11.3 Å².